The fourth-order valence-electron chi connectivity index (χ4n) is 1.92. The highest BCUT2D eigenvalue weighted by molar-refractivity contribution is 5.97. The van der Waals surface area contributed by atoms with Gasteiger partial charge in [-0.15, -0.1) is 0 Å². The highest BCUT2D eigenvalue weighted by Crippen LogP contribution is 2.28. The normalized spacial score (nSPS) is 10.6. The number of ether oxygens (including phenoxy) is 3. The van der Waals surface area contributed by atoms with E-state index in [1.807, 2.05) is 13.8 Å². The van der Waals surface area contributed by atoms with E-state index in [-0.39, 0.29) is 12.3 Å². The van der Waals surface area contributed by atoms with Crippen molar-refractivity contribution in [2.75, 3.05) is 33.5 Å². The molecule has 1 rings (SSSR count). The summed E-state index contributed by atoms with van der Waals surface area (Å²) in [5.74, 6) is 0.409. The molecule has 144 valence electrons. The summed E-state index contributed by atoms with van der Waals surface area (Å²) >= 11 is 0. The van der Waals surface area contributed by atoms with Crippen molar-refractivity contribution in [3.63, 3.8) is 0 Å². The lowest BCUT2D eigenvalue weighted by Gasteiger charge is -2.11. The second kappa shape index (κ2) is 12.7. The van der Waals surface area contributed by atoms with Crippen LogP contribution in [0, 0.1) is 0 Å². The number of hydrazone groups is 1. The number of hydrogen-bond donors (Lipinski definition) is 2. The minimum absolute atomic E-state index is 0.297. The molecule has 0 unspecified atom stereocenters. The van der Waals surface area contributed by atoms with Crippen LogP contribution in [0.25, 0.3) is 0 Å². The second-order valence-corrected chi connectivity index (χ2v) is 5.30. The number of rotatable bonds is 12. The Morgan fingerprint density at radius 3 is 2.62 bits per heavy atom. The molecule has 0 aliphatic rings. The zero-order chi connectivity index (χ0) is 19.2. The maximum Gasteiger partial charge on any atom is 0.249 e. The molecule has 0 aliphatic heterocycles. The molecular weight excluding hydrogens is 338 g/mol. The largest absolute Gasteiger partial charge is 0.490 e. The number of carbonyl (C=O) groups is 2. The molecule has 0 aliphatic carbocycles. The Morgan fingerprint density at radius 1 is 1.12 bits per heavy atom. The van der Waals surface area contributed by atoms with Crippen molar-refractivity contribution in [1.29, 1.82) is 0 Å². The summed E-state index contributed by atoms with van der Waals surface area (Å²) in [6.07, 6.45) is 2.09. The third-order valence-electron chi connectivity index (χ3n) is 3.08. The van der Waals surface area contributed by atoms with Gasteiger partial charge >= 0.3 is 0 Å². The van der Waals surface area contributed by atoms with Crippen molar-refractivity contribution < 1.29 is 23.8 Å². The summed E-state index contributed by atoms with van der Waals surface area (Å²) in [5, 5.41) is 6.42. The number of hydrogen-bond acceptors (Lipinski definition) is 6. The van der Waals surface area contributed by atoms with Crippen molar-refractivity contribution in [1.82, 2.24) is 10.7 Å². The van der Waals surface area contributed by atoms with Gasteiger partial charge in [0.25, 0.3) is 0 Å². The van der Waals surface area contributed by atoms with Gasteiger partial charge in [-0.3, -0.25) is 9.59 Å². The summed E-state index contributed by atoms with van der Waals surface area (Å²) < 4.78 is 16.0. The molecule has 8 heteroatoms. The molecule has 2 amide bonds. The lowest BCUT2D eigenvalue weighted by molar-refractivity contribution is -0.129. The topological polar surface area (TPSA) is 98.2 Å². The summed E-state index contributed by atoms with van der Waals surface area (Å²) in [4.78, 5) is 23.1. The van der Waals surface area contributed by atoms with Gasteiger partial charge in [-0.25, -0.2) is 5.43 Å². The molecule has 0 fully saturated rings. The lowest BCUT2D eigenvalue weighted by Crippen LogP contribution is -2.31. The standard InChI is InChI=1S/C18H27N3O5/c1-4-9-26-15-7-6-14(11-16(15)25-5-2)13-20-21-18(23)12-17(22)19-8-10-24-3/h6-7,11,13H,4-5,8-10,12H2,1-3H3,(H,19,22)(H,21,23)/b20-13+. The van der Waals surface area contributed by atoms with Crippen LogP contribution >= 0.6 is 0 Å². The summed E-state index contributed by atoms with van der Waals surface area (Å²) in [5.41, 5.74) is 3.06. The molecular formula is C18H27N3O5. The molecule has 0 radical (unpaired) electrons. The molecule has 26 heavy (non-hydrogen) atoms. The monoisotopic (exact) mass is 365 g/mol. The van der Waals surface area contributed by atoms with Gasteiger partial charge in [-0.1, -0.05) is 6.92 Å². The van der Waals surface area contributed by atoms with Crippen LogP contribution in [0.1, 0.15) is 32.3 Å². The SMILES string of the molecule is CCCOc1ccc(/C=N/NC(=O)CC(=O)NCCOC)cc1OCC. The molecule has 0 aromatic heterocycles. The first-order valence-corrected chi connectivity index (χ1v) is 8.57. The Bertz CT molecular complexity index is 604. The van der Waals surface area contributed by atoms with E-state index in [0.717, 1.165) is 12.0 Å². The maximum absolute atomic E-state index is 11.7. The lowest BCUT2D eigenvalue weighted by atomic mass is 10.2. The highest BCUT2D eigenvalue weighted by Gasteiger charge is 2.08. The first-order chi connectivity index (χ1) is 12.6. The average molecular weight is 365 g/mol. The second-order valence-electron chi connectivity index (χ2n) is 5.30. The van der Waals surface area contributed by atoms with Gasteiger partial charge in [0, 0.05) is 13.7 Å². The molecule has 1 aromatic rings. The summed E-state index contributed by atoms with van der Waals surface area (Å²) in [6, 6.07) is 5.38. The Labute approximate surface area is 153 Å². The number of benzene rings is 1. The van der Waals surface area contributed by atoms with E-state index in [1.54, 1.807) is 18.2 Å². The molecule has 0 heterocycles. The first-order valence-electron chi connectivity index (χ1n) is 8.57. The Balaban J connectivity index is 2.55. The first kappa shape index (κ1) is 21.4. The Kier molecular flexibility index (Phi) is 10.5. The van der Waals surface area contributed by atoms with Crippen molar-refractivity contribution >= 4 is 18.0 Å². The molecule has 8 nitrogen and oxygen atoms in total. The van der Waals surface area contributed by atoms with Gasteiger partial charge in [-0.2, -0.15) is 5.10 Å². The number of methoxy groups -OCH3 is 1. The van der Waals surface area contributed by atoms with Crippen LogP contribution in [-0.4, -0.2) is 51.5 Å². The smallest absolute Gasteiger partial charge is 0.249 e. The minimum atomic E-state index is -0.496. The van der Waals surface area contributed by atoms with Crippen molar-refractivity contribution in [2.45, 2.75) is 26.7 Å². The molecule has 2 N–H and O–H groups in total. The quantitative estimate of drug-likeness (QED) is 0.253. The zero-order valence-corrected chi connectivity index (χ0v) is 15.5. The van der Waals surface area contributed by atoms with E-state index in [4.69, 9.17) is 14.2 Å². The molecule has 0 bridgehead atoms. The van der Waals surface area contributed by atoms with Gasteiger partial charge in [0.15, 0.2) is 11.5 Å². The van der Waals surface area contributed by atoms with Crippen molar-refractivity contribution in [3.8, 4) is 11.5 Å². The van der Waals surface area contributed by atoms with E-state index in [0.29, 0.717) is 37.9 Å². The molecule has 0 atom stereocenters. The Hall–Kier alpha value is -2.61. The van der Waals surface area contributed by atoms with Gasteiger partial charge in [-0.05, 0) is 37.1 Å². The van der Waals surface area contributed by atoms with Crippen LogP contribution in [0.15, 0.2) is 23.3 Å². The van der Waals surface area contributed by atoms with Crippen LogP contribution in [-0.2, 0) is 14.3 Å². The number of carbonyl (C=O) groups excluding carboxylic acids is 2. The third-order valence-corrected chi connectivity index (χ3v) is 3.08. The van der Waals surface area contributed by atoms with E-state index >= 15 is 0 Å². The zero-order valence-electron chi connectivity index (χ0n) is 15.5. The van der Waals surface area contributed by atoms with E-state index in [1.165, 1.54) is 13.3 Å². The van der Waals surface area contributed by atoms with Crippen molar-refractivity contribution in [3.05, 3.63) is 23.8 Å². The average Bonchev–Trinajstić information content (AvgIpc) is 2.61. The fourth-order valence-corrected chi connectivity index (χ4v) is 1.92. The third kappa shape index (κ3) is 8.48. The minimum Gasteiger partial charge on any atom is -0.490 e. The fraction of sp³-hybridized carbons (Fsp3) is 0.500. The number of nitrogens with one attached hydrogen (secondary N) is 2. The molecule has 1 aromatic carbocycles. The highest BCUT2D eigenvalue weighted by atomic mass is 16.5. The predicted molar refractivity (Wildman–Crippen MR) is 98.6 cm³/mol. The number of nitrogens with zero attached hydrogens (tertiary/aromatic N) is 1. The van der Waals surface area contributed by atoms with Gasteiger partial charge < -0.3 is 19.5 Å². The van der Waals surface area contributed by atoms with Crippen LogP contribution in [0.4, 0.5) is 0 Å². The molecule has 0 saturated carbocycles. The van der Waals surface area contributed by atoms with Gasteiger partial charge in [0.05, 0.1) is 26.0 Å². The molecule has 0 spiro atoms. The van der Waals surface area contributed by atoms with E-state index in [2.05, 4.69) is 15.8 Å². The number of amides is 2. The Morgan fingerprint density at radius 2 is 1.92 bits per heavy atom. The van der Waals surface area contributed by atoms with Crippen LogP contribution in [0.5, 0.6) is 11.5 Å². The molecule has 0 saturated heterocycles. The van der Waals surface area contributed by atoms with E-state index in [9.17, 15) is 9.59 Å². The van der Waals surface area contributed by atoms with E-state index < -0.39 is 5.91 Å². The van der Waals surface area contributed by atoms with Crippen LogP contribution in [0.2, 0.25) is 0 Å². The predicted octanol–water partition coefficient (Wildman–Crippen LogP) is 1.48. The van der Waals surface area contributed by atoms with Gasteiger partial charge in [0.1, 0.15) is 6.42 Å². The van der Waals surface area contributed by atoms with Crippen molar-refractivity contribution in [2.24, 2.45) is 5.10 Å². The van der Waals surface area contributed by atoms with Crippen LogP contribution in [0.3, 0.4) is 0 Å². The summed E-state index contributed by atoms with van der Waals surface area (Å²) in [6.45, 7) is 5.79. The maximum atomic E-state index is 11.7. The summed E-state index contributed by atoms with van der Waals surface area (Å²) in [7, 11) is 1.53. The van der Waals surface area contributed by atoms with Gasteiger partial charge in [0.2, 0.25) is 11.8 Å². The van der Waals surface area contributed by atoms with Crippen LogP contribution < -0.4 is 20.2 Å².